The number of carbonyl (C=O) groups is 3. The number of rotatable bonds is 5. The standard InChI is InChI=1S/C19H23N3O5.Na/c1-10-8-13(19(27)22(20-10)7-6-14(23)21(2)3)18(26)15-16(24)11-4-5-12(9-11)17(15)25;/h8,11-12,24H,4-7,9H2,1-3H3;. The quantitative estimate of drug-likeness (QED) is 0.444. The Balaban J connectivity index is 0.00000280. The first-order valence-electron chi connectivity index (χ1n) is 9.01. The van der Waals surface area contributed by atoms with Gasteiger partial charge in [0.25, 0.3) is 5.56 Å². The van der Waals surface area contributed by atoms with Gasteiger partial charge in [-0.25, -0.2) is 4.68 Å². The number of aromatic nitrogens is 2. The van der Waals surface area contributed by atoms with Gasteiger partial charge in [-0.2, -0.15) is 5.10 Å². The average Bonchev–Trinajstić information content (AvgIpc) is 3.07. The molecule has 1 N–H and O–H groups in total. The van der Waals surface area contributed by atoms with Crippen LogP contribution in [0, 0.1) is 18.8 Å². The molecule has 0 spiro atoms. The van der Waals surface area contributed by atoms with Gasteiger partial charge in [0.05, 0.1) is 17.8 Å². The van der Waals surface area contributed by atoms with Gasteiger partial charge in [-0.15, -0.1) is 0 Å². The van der Waals surface area contributed by atoms with Crippen LogP contribution in [0.15, 0.2) is 22.2 Å². The number of Topliss-reactive ketones (excluding diaryl/α,β-unsaturated/α-hetero) is 2. The summed E-state index contributed by atoms with van der Waals surface area (Å²) < 4.78 is 1.07. The molecule has 28 heavy (non-hydrogen) atoms. The average molecular weight is 396 g/mol. The summed E-state index contributed by atoms with van der Waals surface area (Å²) >= 11 is 0. The number of aryl methyl sites for hydroxylation is 2. The van der Waals surface area contributed by atoms with Crippen molar-refractivity contribution < 1.29 is 19.5 Å². The van der Waals surface area contributed by atoms with Crippen LogP contribution in [-0.2, 0) is 16.1 Å². The number of hydrogen-bond acceptors (Lipinski definition) is 6. The smallest absolute Gasteiger partial charge is 0.278 e. The van der Waals surface area contributed by atoms with E-state index in [0.717, 1.165) is 4.68 Å². The third-order valence-electron chi connectivity index (χ3n) is 5.30. The maximum absolute atomic E-state index is 13.0. The number of hydrogen-bond donors (Lipinski definition) is 1. The zero-order chi connectivity index (χ0) is 19.9. The Hall–Kier alpha value is -1.77. The van der Waals surface area contributed by atoms with Crippen molar-refractivity contribution in [3.8, 4) is 0 Å². The van der Waals surface area contributed by atoms with Crippen LogP contribution in [0.5, 0.6) is 0 Å². The molecule has 1 fully saturated rings. The molecule has 2 atom stereocenters. The number of ketones is 2. The van der Waals surface area contributed by atoms with Crippen LogP contribution < -0.4 is 5.56 Å². The number of aliphatic hydroxyl groups is 1. The molecule has 1 saturated carbocycles. The van der Waals surface area contributed by atoms with E-state index in [9.17, 15) is 24.3 Å². The number of amides is 1. The Kier molecular flexibility index (Phi) is 7.01. The Morgan fingerprint density at radius 1 is 1.25 bits per heavy atom. The van der Waals surface area contributed by atoms with Gasteiger partial charge in [0.2, 0.25) is 11.7 Å². The fraction of sp³-hybridized carbons (Fsp3) is 0.526. The summed E-state index contributed by atoms with van der Waals surface area (Å²) in [5.74, 6) is -1.94. The van der Waals surface area contributed by atoms with Gasteiger partial charge in [0, 0.05) is 61.9 Å². The van der Waals surface area contributed by atoms with Crippen molar-refractivity contribution in [2.75, 3.05) is 14.1 Å². The summed E-state index contributed by atoms with van der Waals surface area (Å²) in [6, 6.07) is 1.33. The van der Waals surface area contributed by atoms with E-state index in [1.807, 2.05) is 0 Å². The van der Waals surface area contributed by atoms with Gasteiger partial charge in [0.15, 0.2) is 5.78 Å². The minimum absolute atomic E-state index is 0. The Morgan fingerprint density at radius 2 is 1.89 bits per heavy atom. The Labute approximate surface area is 184 Å². The van der Waals surface area contributed by atoms with E-state index >= 15 is 0 Å². The molecule has 1 aromatic heterocycles. The predicted octanol–water partition coefficient (Wildman–Crippen LogP) is 0.643. The van der Waals surface area contributed by atoms with Crippen molar-refractivity contribution in [1.82, 2.24) is 14.7 Å². The topological polar surface area (TPSA) is 110 Å². The Bertz CT molecular complexity index is 919. The molecule has 1 aromatic rings. The molecular formula is C19H23N3NaO5. The van der Waals surface area contributed by atoms with Crippen LogP contribution in [0.3, 0.4) is 0 Å². The number of fused-ring (bicyclic) bond motifs is 2. The second-order valence-corrected chi connectivity index (χ2v) is 7.43. The first-order chi connectivity index (χ1) is 12.7. The fourth-order valence-corrected chi connectivity index (χ4v) is 3.78. The number of nitrogens with zero attached hydrogens (tertiary/aromatic N) is 3. The van der Waals surface area contributed by atoms with E-state index in [2.05, 4.69) is 5.10 Å². The third kappa shape index (κ3) is 4.14. The van der Waals surface area contributed by atoms with E-state index in [-0.39, 0.29) is 82.9 Å². The zero-order valence-electron chi connectivity index (χ0n) is 16.7. The second kappa shape index (κ2) is 8.71. The van der Waals surface area contributed by atoms with Gasteiger partial charge in [0.1, 0.15) is 11.3 Å². The molecule has 145 valence electrons. The van der Waals surface area contributed by atoms with Gasteiger partial charge < -0.3 is 10.0 Å². The largest absolute Gasteiger partial charge is 0.511 e. The molecule has 3 rings (SSSR count). The summed E-state index contributed by atoms with van der Waals surface area (Å²) in [6.07, 6.45) is 1.95. The van der Waals surface area contributed by atoms with Crippen molar-refractivity contribution in [3.63, 3.8) is 0 Å². The van der Waals surface area contributed by atoms with Crippen molar-refractivity contribution in [3.05, 3.63) is 39.0 Å². The maximum atomic E-state index is 13.0. The van der Waals surface area contributed by atoms with Crippen molar-refractivity contribution in [2.45, 2.75) is 39.2 Å². The summed E-state index contributed by atoms with van der Waals surface area (Å²) in [6.45, 7) is 1.66. The van der Waals surface area contributed by atoms with Crippen LogP contribution >= 0.6 is 0 Å². The van der Waals surface area contributed by atoms with Crippen molar-refractivity contribution >= 4 is 47.0 Å². The van der Waals surface area contributed by atoms with E-state index in [4.69, 9.17) is 0 Å². The number of carbonyl (C=O) groups excluding carboxylic acids is 3. The number of allylic oxidation sites excluding steroid dienone is 2. The molecule has 2 unspecified atom stereocenters. The van der Waals surface area contributed by atoms with Crippen molar-refractivity contribution in [2.24, 2.45) is 11.8 Å². The fourth-order valence-electron chi connectivity index (χ4n) is 3.78. The first kappa shape index (κ1) is 22.5. The summed E-state index contributed by atoms with van der Waals surface area (Å²) in [5, 5.41) is 14.5. The molecule has 1 heterocycles. The summed E-state index contributed by atoms with van der Waals surface area (Å²) in [7, 11) is 3.23. The molecule has 1 radical (unpaired) electrons. The molecule has 2 aliphatic rings. The maximum Gasteiger partial charge on any atom is 0.278 e. The molecule has 2 aliphatic carbocycles. The second-order valence-electron chi connectivity index (χ2n) is 7.43. The minimum atomic E-state index is -0.753. The van der Waals surface area contributed by atoms with Gasteiger partial charge in [-0.3, -0.25) is 19.2 Å². The molecule has 0 aromatic carbocycles. The molecular weight excluding hydrogens is 373 g/mol. The van der Waals surface area contributed by atoms with Crippen LogP contribution in [0.25, 0.3) is 0 Å². The summed E-state index contributed by atoms with van der Waals surface area (Å²) in [4.78, 5) is 51.4. The predicted molar refractivity (Wildman–Crippen MR) is 102 cm³/mol. The van der Waals surface area contributed by atoms with Crippen molar-refractivity contribution in [1.29, 1.82) is 0 Å². The zero-order valence-corrected chi connectivity index (χ0v) is 18.7. The molecule has 8 nitrogen and oxygen atoms in total. The number of aliphatic hydroxyl groups excluding tert-OH is 1. The van der Waals surface area contributed by atoms with Crippen LogP contribution in [0.2, 0.25) is 0 Å². The van der Waals surface area contributed by atoms with Gasteiger partial charge >= 0.3 is 0 Å². The van der Waals surface area contributed by atoms with Crippen LogP contribution in [0.1, 0.15) is 41.7 Å². The Morgan fingerprint density at radius 3 is 2.54 bits per heavy atom. The SMILES string of the molecule is Cc1cc(C(=O)C2=C(O)C3CCC(C3)C2=O)c(=O)n(CCC(=O)N(C)C)n1.[Na]. The molecule has 9 heteroatoms. The van der Waals surface area contributed by atoms with E-state index in [0.29, 0.717) is 25.0 Å². The summed E-state index contributed by atoms with van der Waals surface area (Å²) in [5.41, 5.74) is -0.701. The first-order valence-corrected chi connectivity index (χ1v) is 9.01. The third-order valence-corrected chi connectivity index (χ3v) is 5.30. The van der Waals surface area contributed by atoms with E-state index < -0.39 is 11.3 Å². The molecule has 2 bridgehead atoms. The van der Waals surface area contributed by atoms with E-state index in [1.54, 1.807) is 21.0 Å². The van der Waals surface area contributed by atoms with Gasteiger partial charge in [-0.05, 0) is 32.3 Å². The van der Waals surface area contributed by atoms with Gasteiger partial charge in [-0.1, -0.05) is 0 Å². The molecule has 0 aliphatic heterocycles. The minimum Gasteiger partial charge on any atom is -0.511 e. The molecule has 0 saturated heterocycles. The monoisotopic (exact) mass is 396 g/mol. The van der Waals surface area contributed by atoms with E-state index in [1.165, 1.54) is 11.0 Å². The van der Waals surface area contributed by atoms with Crippen LogP contribution in [0.4, 0.5) is 0 Å². The van der Waals surface area contributed by atoms with Crippen LogP contribution in [-0.4, -0.2) is 80.9 Å². The normalized spacial score (nSPS) is 20.8. The molecule has 1 amide bonds.